The Hall–Kier alpha value is -1.30. The van der Waals surface area contributed by atoms with Gasteiger partial charge in [0.2, 0.25) is 0 Å². The maximum Gasteiger partial charge on any atom is 0.337 e. The van der Waals surface area contributed by atoms with E-state index >= 15 is 0 Å². The van der Waals surface area contributed by atoms with Crippen molar-refractivity contribution in [1.29, 1.82) is 0 Å². The average molecular weight is 246 g/mol. The summed E-state index contributed by atoms with van der Waals surface area (Å²) < 4.78 is 0. The molecule has 0 amide bonds. The zero-order valence-electron chi connectivity index (χ0n) is 8.35. The monoisotopic (exact) mass is 245 g/mol. The fourth-order valence-corrected chi connectivity index (χ4v) is 1.36. The van der Waals surface area contributed by atoms with Crippen LogP contribution in [0, 0.1) is 0 Å². The molecule has 0 aliphatic carbocycles. The topological polar surface area (TPSA) is 89.8 Å². The zero-order chi connectivity index (χ0) is 12.1. The molecule has 0 saturated heterocycles. The summed E-state index contributed by atoms with van der Waals surface area (Å²) in [5.74, 6) is -1.13. The molecule has 88 valence electrons. The molecule has 0 fully saturated rings. The van der Waals surface area contributed by atoms with Gasteiger partial charge in [-0.25, -0.2) is 4.79 Å². The number of nitrogens with one attached hydrogen (secondary N) is 1. The van der Waals surface area contributed by atoms with Crippen molar-refractivity contribution in [3.05, 3.63) is 28.8 Å². The van der Waals surface area contributed by atoms with Gasteiger partial charge in [0.25, 0.3) is 0 Å². The molecular formula is C10H12ClNO4. The lowest BCUT2D eigenvalue weighted by Gasteiger charge is -2.16. The van der Waals surface area contributed by atoms with Crippen LogP contribution in [-0.4, -0.2) is 40.5 Å². The van der Waals surface area contributed by atoms with Gasteiger partial charge in [-0.3, -0.25) is 0 Å². The van der Waals surface area contributed by atoms with Crippen LogP contribution in [0.4, 0.5) is 5.69 Å². The highest BCUT2D eigenvalue weighted by Crippen LogP contribution is 2.21. The van der Waals surface area contributed by atoms with Crippen LogP contribution in [0.2, 0.25) is 5.02 Å². The van der Waals surface area contributed by atoms with Crippen molar-refractivity contribution in [3.63, 3.8) is 0 Å². The van der Waals surface area contributed by atoms with Gasteiger partial charge in [0.15, 0.2) is 0 Å². The molecule has 0 bridgehead atoms. The van der Waals surface area contributed by atoms with E-state index in [1.165, 1.54) is 18.2 Å². The number of hydrogen-bond donors (Lipinski definition) is 4. The fourth-order valence-electron chi connectivity index (χ4n) is 1.19. The minimum Gasteiger partial charge on any atom is -0.478 e. The number of aliphatic hydroxyl groups is 2. The number of carboxylic acids is 1. The standard InChI is InChI=1S/C10H12ClNO4/c11-6-1-2-9(8(3-6)10(15)16)12-7(4-13)5-14/h1-3,7,12-14H,4-5H2,(H,15,16). The van der Waals surface area contributed by atoms with Crippen LogP contribution in [0.5, 0.6) is 0 Å². The summed E-state index contributed by atoms with van der Waals surface area (Å²) in [6.07, 6.45) is 0. The maximum atomic E-state index is 10.9. The molecule has 0 saturated carbocycles. The van der Waals surface area contributed by atoms with Gasteiger partial charge < -0.3 is 20.6 Å². The van der Waals surface area contributed by atoms with Gasteiger partial charge in [0.1, 0.15) is 0 Å². The third-order valence-electron chi connectivity index (χ3n) is 2.01. The Kier molecular flexibility index (Phi) is 4.54. The van der Waals surface area contributed by atoms with Gasteiger partial charge in [0, 0.05) is 10.7 Å². The first-order valence-corrected chi connectivity index (χ1v) is 4.97. The number of rotatable bonds is 5. The highest BCUT2D eigenvalue weighted by atomic mass is 35.5. The minimum atomic E-state index is -1.13. The molecule has 0 atom stereocenters. The second kappa shape index (κ2) is 5.69. The van der Waals surface area contributed by atoms with E-state index in [4.69, 9.17) is 26.9 Å². The number of aromatic carboxylic acids is 1. The number of carbonyl (C=O) groups is 1. The quantitative estimate of drug-likeness (QED) is 0.616. The van der Waals surface area contributed by atoms with E-state index in [1.807, 2.05) is 0 Å². The molecule has 1 aromatic carbocycles. The highest BCUT2D eigenvalue weighted by Gasteiger charge is 2.13. The summed E-state index contributed by atoms with van der Waals surface area (Å²) >= 11 is 5.68. The van der Waals surface area contributed by atoms with Crippen LogP contribution in [0.3, 0.4) is 0 Å². The molecule has 0 spiro atoms. The van der Waals surface area contributed by atoms with Crippen LogP contribution in [0.15, 0.2) is 18.2 Å². The largest absolute Gasteiger partial charge is 0.478 e. The lowest BCUT2D eigenvalue weighted by molar-refractivity contribution is 0.0697. The smallest absolute Gasteiger partial charge is 0.337 e. The lowest BCUT2D eigenvalue weighted by atomic mass is 10.1. The van der Waals surface area contributed by atoms with Crippen LogP contribution in [-0.2, 0) is 0 Å². The first-order chi connectivity index (χ1) is 7.58. The molecule has 6 heteroatoms. The van der Waals surface area contributed by atoms with Crippen molar-refractivity contribution < 1.29 is 20.1 Å². The Labute approximate surface area is 97.3 Å². The Bertz CT molecular complexity index is 379. The molecule has 1 rings (SSSR count). The van der Waals surface area contributed by atoms with E-state index in [0.29, 0.717) is 10.7 Å². The summed E-state index contributed by atoms with van der Waals surface area (Å²) in [4.78, 5) is 10.9. The molecule has 1 aromatic rings. The zero-order valence-corrected chi connectivity index (χ0v) is 9.11. The molecule has 0 unspecified atom stereocenters. The molecule has 0 aliphatic heterocycles. The van der Waals surface area contributed by atoms with Crippen molar-refractivity contribution in [3.8, 4) is 0 Å². The third-order valence-corrected chi connectivity index (χ3v) is 2.25. The van der Waals surface area contributed by atoms with Gasteiger partial charge in [-0.15, -0.1) is 0 Å². The van der Waals surface area contributed by atoms with Gasteiger partial charge in [-0.1, -0.05) is 11.6 Å². The molecule has 0 radical (unpaired) electrons. The third kappa shape index (κ3) is 3.10. The van der Waals surface area contributed by atoms with Crippen molar-refractivity contribution >= 4 is 23.3 Å². The summed E-state index contributed by atoms with van der Waals surface area (Å²) in [6.45, 7) is -0.587. The first-order valence-electron chi connectivity index (χ1n) is 4.59. The van der Waals surface area contributed by atoms with Gasteiger partial charge in [-0.2, -0.15) is 0 Å². The summed E-state index contributed by atoms with van der Waals surface area (Å²) in [6, 6.07) is 3.73. The molecule has 4 N–H and O–H groups in total. The summed E-state index contributed by atoms with van der Waals surface area (Å²) in [7, 11) is 0. The second-order valence-corrected chi connectivity index (χ2v) is 3.64. The van der Waals surface area contributed by atoms with E-state index in [0.717, 1.165) is 0 Å². The Morgan fingerprint density at radius 2 is 2.00 bits per heavy atom. The van der Waals surface area contributed by atoms with E-state index in [9.17, 15) is 4.79 Å². The average Bonchev–Trinajstić information content (AvgIpc) is 2.27. The minimum absolute atomic E-state index is 0.000556. The van der Waals surface area contributed by atoms with Crippen molar-refractivity contribution in [2.75, 3.05) is 18.5 Å². The lowest BCUT2D eigenvalue weighted by Crippen LogP contribution is -2.28. The van der Waals surface area contributed by atoms with Crippen LogP contribution >= 0.6 is 11.6 Å². The molecule has 16 heavy (non-hydrogen) atoms. The number of benzene rings is 1. The predicted octanol–water partition coefficient (Wildman–Crippen LogP) is 0.803. The normalized spacial score (nSPS) is 10.5. The molecule has 0 heterocycles. The fraction of sp³-hybridized carbons (Fsp3) is 0.300. The maximum absolute atomic E-state index is 10.9. The number of carboxylic acid groups (broad SMARTS) is 1. The van der Waals surface area contributed by atoms with E-state index in [2.05, 4.69) is 5.32 Å². The van der Waals surface area contributed by atoms with Crippen molar-refractivity contribution in [1.82, 2.24) is 0 Å². The van der Waals surface area contributed by atoms with Gasteiger partial charge in [0.05, 0.1) is 24.8 Å². The van der Waals surface area contributed by atoms with Crippen LogP contribution < -0.4 is 5.32 Å². The van der Waals surface area contributed by atoms with E-state index < -0.39 is 12.0 Å². The van der Waals surface area contributed by atoms with Crippen LogP contribution in [0.1, 0.15) is 10.4 Å². The number of anilines is 1. The molecular weight excluding hydrogens is 234 g/mol. The molecule has 0 aliphatic rings. The van der Waals surface area contributed by atoms with E-state index in [-0.39, 0.29) is 18.8 Å². The number of hydrogen-bond acceptors (Lipinski definition) is 4. The SMILES string of the molecule is O=C(O)c1cc(Cl)ccc1NC(CO)CO. The summed E-state index contributed by atoms with van der Waals surface area (Å²) in [5.41, 5.74) is 0.310. The first kappa shape index (κ1) is 12.8. The van der Waals surface area contributed by atoms with Crippen molar-refractivity contribution in [2.45, 2.75) is 6.04 Å². The number of halogens is 1. The van der Waals surface area contributed by atoms with Gasteiger partial charge in [-0.05, 0) is 18.2 Å². The highest BCUT2D eigenvalue weighted by molar-refractivity contribution is 6.31. The predicted molar refractivity (Wildman–Crippen MR) is 60.0 cm³/mol. The molecule has 0 aromatic heterocycles. The number of aliphatic hydroxyl groups excluding tert-OH is 2. The Morgan fingerprint density at radius 3 is 2.50 bits per heavy atom. The van der Waals surface area contributed by atoms with Gasteiger partial charge >= 0.3 is 5.97 Å². The molecule has 5 nitrogen and oxygen atoms in total. The summed E-state index contributed by atoms with van der Waals surface area (Å²) in [5, 5.41) is 29.7. The Morgan fingerprint density at radius 1 is 1.38 bits per heavy atom. The Balaban J connectivity index is 2.98. The van der Waals surface area contributed by atoms with Crippen LogP contribution in [0.25, 0.3) is 0 Å². The van der Waals surface area contributed by atoms with Crippen molar-refractivity contribution in [2.24, 2.45) is 0 Å². The second-order valence-electron chi connectivity index (χ2n) is 3.20. The van der Waals surface area contributed by atoms with E-state index in [1.54, 1.807) is 0 Å².